The fourth-order valence-corrected chi connectivity index (χ4v) is 2.45. The van der Waals surface area contributed by atoms with Crippen LogP contribution < -0.4 is 14.8 Å². The van der Waals surface area contributed by atoms with Crippen LogP contribution in [-0.4, -0.2) is 37.4 Å². The number of benzene rings is 1. The monoisotopic (exact) mass is 279 g/mol. The van der Waals surface area contributed by atoms with Gasteiger partial charge in [-0.1, -0.05) is 12.1 Å². The summed E-state index contributed by atoms with van der Waals surface area (Å²) < 4.78 is 11.2. The van der Waals surface area contributed by atoms with Crippen molar-refractivity contribution < 1.29 is 19.4 Å². The molecular weight excluding hydrogens is 258 g/mol. The summed E-state index contributed by atoms with van der Waals surface area (Å²) in [7, 11) is 0. The van der Waals surface area contributed by atoms with E-state index in [0.29, 0.717) is 44.1 Å². The molecule has 1 aliphatic rings. The van der Waals surface area contributed by atoms with E-state index in [1.54, 1.807) is 0 Å². The maximum atomic E-state index is 11.4. The predicted molar refractivity (Wildman–Crippen MR) is 75.3 cm³/mol. The number of para-hydroxylation sites is 2. The summed E-state index contributed by atoms with van der Waals surface area (Å²) >= 11 is 0. The van der Waals surface area contributed by atoms with Crippen LogP contribution in [0.2, 0.25) is 0 Å². The van der Waals surface area contributed by atoms with E-state index < -0.39 is 11.4 Å². The number of carboxylic acid groups (broad SMARTS) is 1. The van der Waals surface area contributed by atoms with Gasteiger partial charge in [0.15, 0.2) is 11.5 Å². The van der Waals surface area contributed by atoms with E-state index in [2.05, 4.69) is 5.32 Å². The third-order valence-corrected chi connectivity index (χ3v) is 3.68. The predicted octanol–water partition coefficient (Wildman–Crippen LogP) is 1.92. The standard InChI is InChI=1S/C15H21NO4/c1-2-19-12-5-3-4-6-13(12)20-10-8-15(14(17)18)7-9-16-11-15/h3-6,16H,2,7-11H2,1H3,(H,17,18). The average Bonchev–Trinajstić information content (AvgIpc) is 2.91. The van der Waals surface area contributed by atoms with Crippen molar-refractivity contribution in [2.45, 2.75) is 19.8 Å². The van der Waals surface area contributed by atoms with Crippen LogP contribution in [0.3, 0.4) is 0 Å². The topological polar surface area (TPSA) is 67.8 Å². The van der Waals surface area contributed by atoms with Crippen molar-refractivity contribution in [3.8, 4) is 11.5 Å². The van der Waals surface area contributed by atoms with E-state index in [4.69, 9.17) is 9.47 Å². The lowest BCUT2D eigenvalue weighted by Crippen LogP contribution is -2.34. The third-order valence-electron chi connectivity index (χ3n) is 3.68. The third kappa shape index (κ3) is 3.22. The molecule has 1 fully saturated rings. The Hall–Kier alpha value is -1.75. The summed E-state index contributed by atoms with van der Waals surface area (Å²) in [5.74, 6) is 0.619. The molecule has 0 radical (unpaired) electrons. The summed E-state index contributed by atoms with van der Waals surface area (Å²) in [4.78, 5) is 11.4. The van der Waals surface area contributed by atoms with Gasteiger partial charge in [-0.2, -0.15) is 0 Å². The lowest BCUT2D eigenvalue weighted by Gasteiger charge is -2.23. The van der Waals surface area contributed by atoms with Crippen molar-refractivity contribution in [2.24, 2.45) is 5.41 Å². The van der Waals surface area contributed by atoms with Crippen LogP contribution in [0.25, 0.3) is 0 Å². The molecule has 1 unspecified atom stereocenters. The summed E-state index contributed by atoms with van der Waals surface area (Å²) in [6.07, 6.45) is 1.15. The Morgan fingerprint density at radius 2 is 2.05 bits per heavy atom. The highest BCUT2D eigenvalue weighted by atomic mass is 16.5. The lowest BCUT2D eigenvalue weighted by molar-refractivity contribution is -0.148. The number of aliphatic carboxylic acids is 1. The van der Waals surface area contributed by atoms with Gasteiger partial charge in [-0.3, -0.25) is 4.79 Å². The highest BCUT2D eigenvalue weighted by molar-refractivity contribution is 5.75. The van der Waals surface area contributed by atoms with E-state index in [9.17, 15) is 9.90 Å². The Balaban J connectivity index is 1.94. The van der Waals surface area contributed by atoms with Crippen molar-refractivity contribution >= 4 is 5.97 Å². The number of hydrogen-bond donors (Lipinski definition) is 2. The van der Waals surface area contributed by atoms with E-state index in [-0.39, 0.29) is 0 Å². The second kappa shape index (κ2) is 6.61. The largest absolute Gasteiger partial charge is 0.490 e. The Morgan fingerprint density at radius 3 is 2.60 bits per heavy atom. The molecule has 0 spiro atoms. The van der Waals surface area contributed by atoms with Gasteiger partial charge in [0.1, 0.15) is 0 Å². The first-order chi connectivity index (χ1) is 9.68. The molecule has 1 aromatic carbocycles. The first-order valence-electron chi connectivity index (χ1n) is 6.97. The highest BCUT2D eigenvalue weighted by Crippen LogP contribution is 2.32. The Kier molecular flexibility index (Phi) is 4.84. The number of carbonyl (C=O) groups is 1. The van der Waals surface area contributed by atoms with Gasteiger partial charge in [0.2, 0.25) is 0 Å². The SMILES string of the molecule is CCOc1ccccc1OCCC1(C(=O)O)CCNC1. The molecule has 5 heteroatoms. The maximum absolute atomic E-state index is 11.4. The van der Waals surface area contributed by atoms with E-state index in [1.165, 1.54) is 0 Å². The molecule has 0 amide bonds. The van der Waals surface area contributed by atoms with E-state index in [0.717, 1.165) is 6.54 Å². The fourth-order valence-electron chi connectivity index (χ4n) is 2.45. The van der Waals surface area contributed by atoms with Crippen molar-refractivity contribution in [3.63, 3.8) is 0 Å². The first-order valence-corrected chi connectivity index (χ1v) is 6.97. The molecule has 5 nitrogen and oxygen atoms in total. The van der Waals surface area contributed by atoms with Crippen molar-refractivity contribution in [1.82, 2.24) is 5.32 Å². The molecule has 0 aromatic heterocycles. The molecule has 20 heavy (non-hydrogen) atoms. The van der Waals surface area contributed by atoms with Gasteiger partial charge in [0.05, 0.1) is 18.6 Å². The molecule has 1 heterocycles. The fraction of sp³-hybridized carbons (Fsp3) is 0.533. The minimum Gasteiger partial charge on any atom is -0.490 e. The van der Waals surface area contributed by atoms with Crippen LogP contribution in [0.15, 0.2) is 24.3 Å². The highest BCUT2D eigenvalue weighted by Gasteiger charge is 2.41. The lowest BCUT2D eigenvalue weighted by atomic mass is 9.84. The molecule has 1 aliphatic heterocycles. The summed E-state index contributed by atoms with van der Waals surface area (Å²) in [6, 6.07) is 7.45. The molecule has 1 saturated heterocycles. The van der Waals surface area contributed by atoms with Gasteiger partial charge in [-0.05, 0) is 38.4 Å². The molecule has 2 rings (SSSR count). The molecule has 1 atom stereocenters. The second-order valence-electron chi connectivity index (χ2n) is 4.99. The normalized spacial score (nSPS) is 21.6. The summed E-state index contributed by atoms with van der Waals surface area (Å²) in [5.41, 5.74) is -0.694. The molecular formula is C15H21NO4. The maximum Gasteiger partial charge on any atom is 0.311 e. The van der Waals surface area contributed by atoms with Crippen LogP contribution in [0, 0.1) is 5.41 Å². The summed E-state index contributed by atoms with van der Waals surface area (Å²) in [5, 5.41) is 12.5. The van der Waals surface area contributed by atoms with Crippen LogP contribution >= 0.6 is 0 Å². The number of hydrogen-bond acceptors (Lipinski definition) is 4. The first kappa shape index (κ1) is 14.7. The van der Waals surface area contributed by atoms with Crippen molar-refractivity contribution in [1.29, 1.82) is 0 Å². The number of nitrogens with one attached hydrogen (secondary N) is 1. The molecule has 0 aliphatic carbocycles. The smallest absolute Gasteiger partial charge is 0.311 e. The van der Waals surface area contributed by atoms with Gasteiger partial charge < -0.3 is 19.9 Å². The van der Waals surface area contributed by atoms with Crippen LogP contribution in [0.1, 0.15) is 19.8 Å². The van der Waals surface area contributed by atoms with Gasteiger partial charge >= 0.3 is 5.97 Å². The van der Waals surface area contributed by atoms with Gasteiger partial charge in [0, 0.05) is 6.54 Å². The quantitative estimate of drug-likeness (QED) is 0.798. The molecule has 1 aromatic rings. The van der Waals surface area contributed by atoms with Gasteiger partial charge in [-0.15, -0.1) is 0 Å². The minimum absolute atomic E-state index is 0.373. The van der Waals surface area contributed by atoms with Crippen LogP contribution in [0.4, 0.5) is 0 Å². The Bertz CT molecular complexity index is 455. The van der Waals surface area contributed by atoms with E-state index >= 15 is 0 Å². The summed E-state index contributed by atoms with van der Waals surface area (Å²) in [6.45, 7) is 4.13. The van der Waals surface area contributed by atoms with E-state index in [1.807, 2.05) is 31.2 Å². The zero-order chi connectivity index (χ0) is 14.4. The molecule has 110 valence electrons. The molecule has 0 bridgehead atoms. The van der Waals surface area contributed by atoms with Gasteiger partial charge in [0.25, 0.3) is 0 Å². The number of rotatable bonds is 7. The average molecular weight is 279 g/mol. The zero-order valence-electron chi connectivity index (χ0n) is 11.7. The zero-order valence-corrected chi connectivity index (χ0v) is 11.7. The Labute approximate surface area is 118 Å². The van der Waals surface area contributed by atoms with Crippen LogP contribution in [-0.2, 0) is 4.79 Å². The Morgan fingerprint density at radius 1 is 1.35 bits per heavy atom. The minimum atomic E-state index is -0.746. The molecule has 0 saturated carbocycles. The second-order valence-corrected chi connectivity index (χ2v) is 4.99. The number of ether oxygens (including phenoxy) is 2. The van der Waals surface area contributed by atoms with Gasteiger partial charge in [-0.25, -0.2) is 0 Å². The van der Waals surface area contributed by atoms with Crippen molar-refractivity contribution in [3.05, 3.63) is 24.3 Å². The van der Waals surface area contributed by atoms with Crippen LogP contribution in [0.5, 0.6) is 11.5 Å². The number of carboxylic acids is 1. The molecule has 2 N–H and O–H groups in total. The van der Waals surface area contributed by atoms with Crippen molar-refractivity contribution in [2.75, 3.05) is 26.3 Å².